The Morgan fingerprint density at radius 2 is 1.92 bits per heavy atom. The van der Waals surface area contributed by atoms with Crippen LogP contribution in [0.2, 0.25) is 0 Å². The molecule has 1 aliphatic rings. The van der Waals surface area contributed by atoms with E-state index in [1.54, 1.807) is 0 Å². The number of rotatable bonds is 7. The Morgan fingerprint density at radius 1 is 1.16 bits per heavy atom. The van der Waals surface area contributed by atoms with Crippen LogP contribution in [0.3, 0.4) is 0 Å². The molecule has 1 aromatic heterocycles. The van der Waals surface area contributed by atoms with Crippen molar-refractivity contribution in [2.45, 2.75) is 26.2 Å². The predicted molar refractivity (Wildman–Crippen MR) is 99.5 cm³/mol. The highest BCUT2D eigenvalue weighted by Crippen LogP contribution is 2.19. The summed E-state index contributed by atoms with van der Waals surface area (Å²) in [5.41, 5.74) is 8.79. The third-order valence-corrected chi connectivity index (χ3v) is 5.07. The summed E-state index contributed by atoms with van der Waals surface area (Å²) in [7, 11) is -1.34. The molecule has 0 spiro atoms. The van der Waals surface area contributed by atoms with Crippen LogP contribution < -0.4 is 10.5 Å². The minimum absolute atomic E-state index is 0.121. The highest BCUT2D eigenvalue weighted by Gasteiger charge is 2.08. The maximum Gasteiger partial charge on any atom is 0.119 e. The van der Waals surface area contributed by atoms with Gasteiger partial charge < -0.3 is 15.5 Å². The molecule has 2 aromatic rings. The number of nitrogens with two attached hydrogens (primary N) is 1. The fraction of sp³-hybridized carbons (Fsp3) is 0.263. The van der Waals surface area contributed by atoms with Crippen LogP contribution in [0.4, 0.5) is 0 Å². The lowest BCUT2D eigenvalue weighted by molar-refractivity contribution is 0.320. The van der Waals surface area contributed by atoms with Crippen molar-refractivity contribution in [3.63, 3.8) is 0 Å². The number of benzene rings is 1. The average molecular weight is 354 g/mol. The summed E-state index contributed by atoms with van der Waals surface area (Å²) in [5.74, 6) is 0.801. The molecule has 0 fully saturated rings. The summed E-state index contributed by atoms with van der Waals surface area (Å²) < 4.78 is 17.6. The number of amidine groups is 1. The third-order valence-electron chi connectivity index (χ3n) is 3.91. The molecule has 0 aliphatic carbocycles. The van der Waals surface area contributed by atoms with E-state index in [0.29, 0.717) is 17.9 Å². The van der Waals surface area contributed by atoms with Gasteiger partial charge in [0.15, 0.2) is 0 Å². The summed E-state index contributed by atoms with van der Waals surface area (Å²) in [5, 5.41) is 0.121. The molecule has 2 heterocycles. The molecule has 5 nitrogen and oxygen atoms in total. The number of hydrogen-bond donors (Lipinski definition) is 1. The van der Waals surface area contributed by atoms with E-state index in [-0.39, 0.29) is 5.17 Å². The molecule has 1 atom stereocenters. The number of allylic oxidation sites excluding steroid dienone is 1. The molecule has 0 bridgehead atoms. The van der Waals surface area contributed by atoms with Crippen molar-refractivity contribution in [2.75, 3.05) is 6.61 Å². The first kappa shape index (κ1) is 17.4. The van der Waals surface area contributed by atoms with Gasteiger partial charge in [-0.2, -0.15) is 0 Å². The number of pyridine rings is 1. The van der Waals surface area contributed by atoms with Gasteiger partial charge in [-0.15, -0.1) is 6.20 Å². The minimum Gasteiger partial charge on any atom is -0.493 e. The van der Waals surface area contributed by atoms with Crippen molar-refractivity contribution >= 4 is 16.0 Å². The van der Waals surface area contributed by atoms with Gasteiger partial charge in [0.25, 0.3) is 0 Å². The second kappa shape index (κ2) is 8.07. The zero-order chi connectivity index (χ0) is 17.6. The Balaban J connectivity index is 1.48. The van der Waals surface area contributed by atoms with Crippen molar-refractivity contribution in [1.29, 1.82) is 0 Å². The molecule has 2 N–H and O–H groups in total. The van der Waals surface area contributed by atoms with Crippen LogP contribution in [0.1, 0.15) is 23.7 Å². The lowest BCUT2D eigenvalue weighted by Gasteiger charge is -2.09. The summed E-state index contributed by atoms with van der Waals surface area (Å²) in [6, 6.07) is 11.9. The molecule has 25 heavy (non-hydrogen) atoms. The van der Waals surface area contributed by atoms with Crippen molar-refractivity contribution in [2.24, 2.45) is 10.7 Å². The molecule has 0 saturated carbocycles. The first-order valence-electron chi connectivity index (χ1n) is 8.18. The van der Waals surface area contributed by atoms with Crippen LogP contribution in [-0.2, 0) is 30.1 Å². The van der Waals surface area contributed by atoms with Gasteiger partial charge in [-0.1, -0.05) is 30.0 Å². The number of aryl methyl sites for hydroxylation is 1. The van der Waals surface area contributed by atoms with E-state index in [9.17, 15) is 4.21 Å². The van der Waals surface area contributed by atoms with E-state index >= 15 is 0 Å². The highest BCUT2D eigenvalue weighted by atomic mass is 32.2. The van der Waals surface area contributed by atoms with Crippen molar-refractivity contribution in [3.8, 4) is 5.75 Å². The first-order valence-corrected chi connectivity index (χ1v) is 9.33. The number of ether oxygens (including phenoxy) is 1. The number of hydrogen-bond acceptors (Lipinski definition) is 5. The topological polar surface area (TPSA) is 77.6 Å². The monoisotopic (exact) mass is 354 g/mol. The van der Waals surface area contributed by atoms with Gasteiger partial charge in [-0.05, 0) is 42.2 Å². The third kappa shape index (κ3) is 4.54. The van der Waals surface area contributed by atoms with E-state index in [2.05, 4.69) is 29.2 Å². The molecule has 0 amide bonds. The maximum atomic E-state index is 11.8. The molecular formula is C19H20N3O2S-. The second-order valence-corrected chi connectivity index (χ2v) is 7.13. The van der Waals surface area contributed by atoms with Gasteiger partial charge in [0.05, 0.1) is 6.61 Å². The molecule has 0 saturated heterocycles. The van der Waals surface area contributed by atoms with E-state index in [0.717, 1.165) is 29.8 Å². The van der Waals surface area contributed by atoms with Gasteiger partial charge >= 0.3 is 0 Å². The van der Waals surface area contributed by atoms with E-state index in [1.165, 1.54) is 5.56 Å². The molecule has 0 radical (unpaired) electrons. The van der Waals surface area contributed by atoms with Gasteiger partial charge in [0.2, 0.25) is 0 Å². The van der Waals surface area contributed by atoms with Crippen LogP contribution in [0.5, 0.6) is 5.75 Å². The molecular weight excluding hydrogens is 334 g/mol. The van der Waals surface area contributed by atoms with Gasteiger partial charge in [-0.25, -0.2) is 0 Å². The molecule has 1 unspecified atom stereocenters. The smallest absolute Gasteiger partial charge is 0.119 e. The first-order chi connectivity index (χ1) is 12.2. The number of nitrogens with zero attached hydrogens (tertiary/aromatic N) is 2. The lowest BCUT2D eigenvalue weighted by atomic mass is 10.1. The van der Waals surface area contributed by atoms with Crippen molar-refractivity contribution in [3.05, 3.63) is 70.5 Å². The van der Waals surface area contributed by atoms with Gasteiger partial charge in [0.1, 0.15) is 5.75 Å². The quantitative estimate of drug-likeness (QED) is 0.775. The summed E-state index contributed by atoms with van der Waals surface area (Å²) in [6.45, 7) is 2.69. The molecule has 1 aromatic carbocycles. The largest absolute Gasteiger partial charge is 0.493 e. The highest BCUT2D eigenvalue weighted by molar-refractivity contribution is 8.04. The predicted octanol–water partition coefficient (Wildman–Crippen LogP) is 2.53. The SMILES string of the molecule is CCc1ccc(CCOc2ccc(CC3=[C-]N=C(N)S3=O)cc2)nc1. The van der Waals surface area contributed by atoms with Crippen LogP contribution in [-0.4, -0.2) is 21.0 Å². The maximum absolute atomic E-state index is 11.8. The van der Waals surface area contributed by atoms with Crippen LogP contribution in [0.25, 0.3) is 0 Å². The van der Waals surface area contributed by atoms with E-state index in [1.807, 2.05) is 36.5 Å². The van der Waals surface area contributed by atoms with Crippen LogP contribution >= 0.6 is 0 Å². The molecule has 3 rings (SSSR count). The second-order valence-electron chi connectivity index (χ2n) is 5.68. The van der Waals surface area contributed by atoms with Crippen molar-refractivity contribution in [1.82, 2.24) is 4.98 Å². The lowest BCUT2D eigenvalue weighted by Crippen LogP contribution is -2.16. The molecule has 6 heteroatoms. The normalized spacial score (nSPS) is 16.4. The zero-order valence-electron chi connectivity index (χ0n) is 14.1. The Morgan fingerprint density at radius 3 is 2.52 bits per heavy atom. The van der Waals surface area contributed by atoms with Crippen LogP contribution in [0, 0.1) is 6.20 Å². The summed E-state index contributed by atoms with van der Waals surface area (Å²) in [6.07, 6.45) is 6.92. The Hall–Kier alpha value is -2.47. The number of aliphatic imine (C=N–C) groups is 1. The fourth-order valence-corrected chi connectivity index (χ4v) is 3.21. The van der Waals surface area contributed by atoms with Gasteiger partial charge in [-0.3, -0.25) is 9.19 Å². The Kier molecular flexibility index (Phi) is 5.60. The summed E-state index contributed by atoms with van der Waals surface area (Å²) >= 11 is 0. The standard InChI is InChI=1S/C19H20N3O2S/c1-2-14-3-6-16(21-12-14)9-10-24-17-7-4-15(5-8-17)11-18-13-22-19(20)25(18)23/h3-8,12H,2,9-11H2,1H3,(H2,20,22)/q-1. The zero-order valence-corrected chi connectivity index (χ0v) is 14.9. The Labute approximate surface area is 150 Å². The fourth-order valence-electron chi connectivity index (χ4n) is 2.41. The summed E-state index contributed by atoms with van der Waals surface area (Å²) in [4.78, 5) is 8.80. The minimum atomic E-state index is -1.34. The average Bonchev–Trinajstić information content (AvgIpc) is 2.96. The van der Waals surface area contributed by atoms with Crippen LogP contribution in [0.15, 0.2) is 52.5 Å². The van der Waals surface area contributed by atoms with Crippen molar-refractivity contribution < 1.29 is 8.95 Å². The molecule has 1 aliphatic heterocycles. The Bertz CT molecular complexity index is 812. The molecule has 130 valence electrons. The van der Waals surface area contributed by atoms with E-state index < -0.39 is 10.8 Å². The van der Waals surface area contributed by atoms with Gasteiger partial charge in [0, 0.05) is 34.3 Å². The number of aromatic nitrogens is 1. The van der Waals surface area contributed by atoms with E-state index in [4.69, 9.17) is 10.5 Å².